The fourth-order valence-electron chi connectivity index (χ4n) is 1.26. The van der Waals surface area contributed by atoms with E-state index >= 15 is 0 Å². The minimum atomic E-state index is -3.36. The predicted octanol–water partition coefficient (Wildman–Crippen LogP) is 1.71. The maximum absolute atomic E-state index is 5.70. The summed E-state index contributed by atoms with van der Waals surface area (Å²) in [7, 11) is 0. The average molecular weight is 265 g/mol. The van der Waals surface area contributed by atoms with E-state index in [4.69, 9.17) is 15.1 Å². The third kappa shape index (κ3) is 3.51. The molecule has 0 aromatic heterocycles. The fourth-order valence-corrected chi connectivity index (χ4v) is 6.56. The Morgan fingerprint density at radius 2 is 1.64 bits per heavy atom. The molecule has 0 aliphatic carbocycles. The van der Waals surface area contributed by atoms with Gasteiger partial charge >= 0.3 is 89.2 Å². The molecule has 5 heteroatoms. The molecular weight excluding hydrogens is 245 g/mol. The Morgan fingerprint density at radius 1 is 1.14 bits per heavy atom. The molecule has 0 spiro atoms. The first-order chi connectivity index (χ1) is 6.43. The van der Waals surface area contributed by atoms with E-state index in [1.807, 2.05) is 34.6 Å². The van der Waals surface area contributed by atoms with Crippen LogP contribution in [0.25, 0.3) is 0 Å². The molecule has 14 heavy (non-hydrogen) atoms. The standard InChI is InChI=1S/C9H20GeO4/c1-7(2)12-10(13-8(3)4)11-6-9(5)14-10/h7-9H,6H2,1-5H3. The molecule has 0 aromatic carbocycles. The molecule has 1 atom stereocenters. The van der Waals surface area contributed by atoms with Gasteiger partial charge in [0.15, 0.2) is 0 Å². The topological polar surface area (TPSA) is 36.9 Å². The van der Waals surface area contributed by atoms with Crippen LogP contribution < -0.4 is 0 Å². The van der Waals surface area contributed by atoms with E-state index in [2.05, 4.69) is 0 Å². The summed E-state index contributed by atoms with van der Waals surface area (Å²) in [5.74, 6) is 0. The molecule has 0 saturated carbocycles. The summed E-state index contributed by atoms with van der Waals surface area (Å²) in [6.45, 7) is 10.4. The Morgan fingerprint density at radius 3 is 1.93 bits per heavy atom. The van der Waals surface area contributed by atoms with Gasteiger partial charge in [-0.25, -0.2) is 0 Å². The second kappa shape index (κ2) is 4.94. The first kappa shape index (κ1) is 12.5. The number of hydrogen-bond donors (Lipinski definition) is 0. The third-order valence-electron chi connectivity index (χ3n) is 1.60. The Labute approximate surface area is 89.6 Å². The Bertz CT molecular complexity index is 174. The molecule has 0 bridgehead atoms. The summed E-state index contributed by atoms with van der Waals surface area (Å²) in [5.41, 5.74) is 0. The van der Waals surface area contributed by atoms with Gasteiger partial charge in [0.1, 0.15) is 0 Å². The first-order valence-electron chi connectivity index (χ1n) is 5.11. The molecule has 0 aromatic rings. The van der Waals surface area contributed by atoms with Gasteiger partial charge < -0.3 is 0 Å². The molecule has 1 rings (SSSR count). The van der Waals surface area contributed by atoms with Gasteiger partial charge in [-0.3, -0.25) is 0 Å². The van der Waals surface area contributed by atoms with Gasteiger partial charge in [0.05, 0.1) is 0 Å². The van der Waals surface area contributed by atoms with E-state index in [1.54, 1.807) is 0 Å². The van der Waals surface area contributed by atoms with Crippen LogP contribution in [0.3, 0.4) is 0 Å². The zero-order valence-electron chi connectivity index (χ0n) is 9.57. The summed E-state index contributed by atoms with van der Waals surface area (Å²) in [5, 5.41) is 0. The summed E-state index contributed by atoms with van der Waals surface area (Å²) in [6, 6.07) is 0. The predicted molar refractivity (Wildman–Crippen MR) is 54.7 cm³/mol. The van der Waals surface area contributed by atoms with E-state index in [0.717, 1.165) is 0 Å². The molecule has 1 fully saturated rings. The van der Waals surface area contributed by atoms with Crippen molar-refractivity contribution in [3.05, 3.63) is 0 Å². The van der Waals surface area contributed by atoms with Crippen LogP contribution in [0.1, 0.15) is 34.6 Å². The number of hydrogen-bond acceptors (Lipinski definition) is 4. The van der Waals surface area contributed by atoms with Crippen LogP contribution in [0.2, 0.25) is 0 Å². The zero-order valence-corrected chi connectivity index (χ0v) is 11.7. The van der Waals surface area contributed by atoms with E-state index in [1.165, 1.54) is 0 Å². The van der Waals surface area contributed by atoms with Gasteiger partial charge in [-0.2, -0.15) is 0 Å². The molecule has 1 heterocycles. The van der Waals surface area contributed by atoms with Crippen LogP contribution in [0, 0.1) is 0 Å². The minimum absolute atomic E-state index is 0.0825. The number of rotatable bonds is 4. The van der Waals surface area contributed by atoms with Crippen molar-refractivity contribution in [1.82, 2.24) is 0 Å². The van der Waals surface area contributed by atoms with Crippen LogP contribution >= 0.6 is 0 Å². The van der Waals surface area contributed by atoms with Gasteiger partial charge in [-0.15, -0.1) is 0 Å². The molecule has 4 nitrogen and oxygen atoms in total. The SMILES string of the molecule is CC(C)[O][Ge]1([O]C(C)C)[O]CC(C)[O]1. The molecule has 0 radical (unpaired) electrons. The quantitative estimate of drug-likeness (QED) is 0.725. The summed E-state index contributed by atoms with van der Waals surface area (Å²) >= 11 is -3.36. The molecule has 0 N–H and O–H groups in total. The summed E-state index contributed by atoms with van der Waals surface area (Å²) < 4.78 is 22.7. The van der Waals surface area contributed by atoms with Crippen molar-refractivity contribution in [2.45, 2.75) is 52.9 Å². The summed E-state index contributed by atoms with van der Waals surface area (Å²) in [6.07, 6.45) is 0.255. The van der Waals surface area contributed by atoms with Crippen molar-refractivity contribution < 1.29 is 15.1 Å². The fraction of sp³-hybridized carbons (Fsp3) is 1.00. The van der Waals surface area contributed by atoms with E-state index in [9.17, 15) is 0 Å². The Hall–Kier alpha value is 0.383. The normalized spacial score (nSPS) is 26.4. The molecule has 1 aliphatic rings. The zero-order chi connectivity index (χ0) is 10.8. The van der Waals surface area contributed by atoms with Crippen LogP contribution in [-0.4, -0.2) is 39.5 Å². The van der Waals surface area contributed by atoms with Crippen LogP contribution in [0.15, 0.2) is 0 Å². The van der Waals surface area contributed by atoms with Gasteiger partial charge in [0.25, 0.3) is 0 Å². The van der Waals surface area contributed by atoms with Crippen LogP contribution in [-0.2, 0) is 15.1 Å². The third-order valence-corrected chi connectivity index (χ3v) is 7.33. The van der Waals surface area contributed by atoms with Gasteiger partial charge in [-0.1, -0.05) is 0 Å². The Kier molecular flexibility index (Phi) is 4.39. The van der Waals surface area contributed by atoms with Gasteiger partial charge in [-0.05, 0) is 0 Å². The molecule has 84 valence electrons. The molecule has 0 amide bonds. The van der Waals surface area contributed by atoms with Gasteiger partial charge in [0.2, 0.25) is 0 Å². The second-order valence-corrected chi connectivity index (χ2v) is 8.26. The van der Waals surface area contributed by atoms with Crippen molar-refractivity contribution in [3.8, 4) is 0 Å². The molecule has 1 saturated heterocycles. The summed E-state index contributed by atoms with van der Waals surface area (Å²) in [4.78, 5) is 0. The van der Waals surface area contributed by atoms with Crippen LogP contribution in [0.5, 0.6) is 0 Å². The monoisotopic (exact) mass is 266 g/mol. The van der Waals surface area contributed by atoms with Crippen molar-refractivity contribution in [1.29, 1.82) is 0 Å². The van der Waals surface area contributed by atoms with Crippen molar-refractivity contribution in [3.63, 3.8) is 0 Å². The van der Waals surface area contributed by atoms with E-state index < -0.39 is 14.6 Å². The van der Waals surface area contributed by atoms with Crippen molar-refractivity contribution in [2.75, 3.05) is 6.61 Å². The second-order valence-electron chi connectivity index (χ2n) is 4.07. The van der Waals surface area contributed by atoms with E-state index in [0.29, 0.717) is 6.61 Å². The van der Waals surface area contributed by atoms with Crippen molar-refractivity contribution in [2.24, 2.45) is 0 Å². The Balaban J connectivity index is 2.60. The van der Waals surface area contributed by atoms with E-state index in [-0.39, 0.29) is 18.3 Å². The molecule has 1 aliphatic heterocycles. The van der Waals surface area contributed by atoms with Crippen molar-refractivity contribution >= 4 is 14.6 Å². The average Bonchev–Trinajstić information content (AvgIpc) is 2.28. The van der Waals surface area contributed by atoms with Gasteiger partial charge in [0, 0.05) is 0 Å². The molecule has 1 unspecified atom stereocenters. The van der Waals surface area contributed by atoms with Crippen LogP contribution in [0.4, 0.5) is 0 Å². The molecular formula is C9H20GeO4. The maximum atomic E-state index is 5.70. The first-order valence-corrected chi connectivity index (χ1v) is 8.53.